The molecule has 2 aliphatic heterocycles. The van der Waals surface area contributed by atoms with Crippen LogP contribution in [0.3, 0.4) is 0 Å². The molecule has 2 aromatic heterocycles. The van der Waals surface area contributed by atoms with Crippen molar-refractivity contribution in [3.05, 3.63) is 106 Å². The van der Waals surface area contributed by atoms with E-state index < -0.39 is 0 Å². The summed E-state index contributed by atoms with van der Waals surface area (Å²) < 4.78 is 18.9. The van der Waals surface area contributed by atoms with E-state index in [4.69, 9.17) is 37.4 Å². The topological polar surface area (TPSA) is 81.1 Å². The molecule has 0 radical (unpaired) electrons. The van der Waals surface area contributed by atoms with Crippen molar-refractivity contribution in [2.75, 3.05) is 38.3 Å². The summed E-state index contributed by atoms with van der Waals surface area (Å²) in [6.45, 7) is 4.61. The molecule has 1 amide bonds. The number of carbonyl (C=O) groups excluding carboxylic acids is 1. The summed E-state index contributed by atoms with van der Waals surface area (Å²) in [5, 5.41) is 5.31. The SMILES string of the molecule is Br.Cn1c(C(=O)N2CCN(Cc3ccc4c(c3)OCO4)CC2)cc2cc(Oc3ccc(NCc4ccc(Cl)c(Cl)c4)cn3)ccc21. The van der Waals surface area contributed by atoms with E-state index in [0.29, 0.717) is 47.0 Å². The van der Waals surface area contributed by atoms with Crippen LogP contribution in [-0.4, -0.2) is 58.2 Å². The summed E-state index contributed by atoms with van der Waals surface area (Å²) in [5.74, 6) is 2.74. The third-order valence-corrected chi connectivity index (χ3v) is 8.91. The summed E-state index contributed by atoms with van der Waals surface area (Å²) in [7, 11) is 1.93. The molecule has 7 rings (SSSR count). The first-order chi connectivity index (χ1) is 21.9. The smallest absolute Gasteiger partial charge is 0.270 e. The predicted octanol–water partition coefficient (Wildman–Crippen LogP) is 7.55. The summed E-state index contributed by atoms with van der Waals surface area (Å²) in [6, 6.07) is 23.1. The maximum Gasteiger partial charge on any atom is 0.270 e. The van der Waals surface area contributed by atoms with E-state index in [-0.39, 0.29) is 29.7 Å². The molecule has 9 nitrogen and oxygen atoms in total. The summed E-state index contributed by atoms with van der Waals surface area (Å²) >= 11 is 12.1. The zero-order valence-electron chi connectivity index (χ0n) is 25.0. The van der Waals surface area contributed by atoms with Crippen molar-refractivity contribution >= 4 is 62.7 Å². The Bertz CT molecular complexity index is 1880. The highest BCUT2D eigenvalue weighted by Crippen LogP contribution is 2.33. The fraction of sp³-hybridized carbons (Fsp3) is 0.235. The molecular weight excluding hydrogens is 693 g/mol. The van der Waals surface area contributed by atoms with E-state index in [1.165, 1.54) is 5.56 Å². The molecule has 3 aromatic carbocycles. The predicted molar refractivity (Wildman–Crippen MR) is 185 cm³/mol. The molecule has 5 aromatic rings. The van der Waals surface area contributed by atoms with Gasteiger partial charge in [0.15, 0.2) is 11.5 Å². The molecule has 0 bridgehead atoms. The zero-order chi connectivity index (χ0) is 30.9. The van der Waals surface area contributed by atoms with Crippen LogP contribution in [0.4, 0.5) is 5.69 Å². The molecule has 46 heavy (non-hydrogen) atoms. The van der Waals surface area contributed by atoms with Crippen molar-refractivity contribution in [1.29, 1.82) is 0 Å². The second kappa shape index (κ2) is 13.8. The van der Waals surface area contributed by atoms with Gasteiger partial charge in [0.2, 0.25) is 12.7 Å². The van der Waals surface area contributed by atoms with Crippen LogP contribution in [0, 0.1) is 0 Å². The number of benzene rings is 3. The monoisotopic (exact) mass is 723 g/mol. The summed E-state index contributed by atoms with van der Waals surface area (Å²) in [6.07, 6.45) is 1.72. The second-order valence-electron chi connectivity index (χ2n) is 11.2. The lowest BCUT2D eigenvalue weighted by molar-refractivity contribution is 0.0619. The normalized spacial score (nSPS) is 14.3. The number of anilines is 1. The highest BCUT2D eigenvalue weighted by molar-refractivity contribution is 8.93. The number of nitrogens with zero attached hydrogens (tertiary/aromatic N) is 4. The van der Waals surface area contributed by atoms with Gasteiger partial charge < -0.3 is 29.0 Å². The van der Waals surface area contributed by atoms with Crippen molar-refractivity contribution in [2.45, 2.75) is 13.1 Å². The Morgan fingerprint density at radius 2 is 1.70 bits per heavy atom. The van der Waals surface area contributed by atoms with Crippen LogP contribution in [0.1, 0.15) is 21.6 Å². The Kier molecular flexibility index (Phi) is 9.60. The molecule has 238 valence electrons. The van der Waals surface area contributed by atoms with Crippen LogP contribution < -0.4 is 19.5 Å². The number of aryl methyl sites for hydroxylation is 1. The average molecular weight is 725 g/mol. The molecule has 1 saturated heterocycles. The number of pyridine rings is 1. The number of halogens is 3. The first-order valence-corrected chi connectivity index (χ1v) is 15.5. The fourth-order valence-corrected chi connectivity index (χ4v) is 6.01. The van der Waals surface area contributed by atoms with Gasteiger partial charge in [0.25, 0.3) is 5.91 Å². The molecular formula is C34H32BrCl2N5O4. The van der Waals surface area contributed by atoms with Gasteiger partial charge in [-0.3, -0.25) is 9.69 Å². The lowest BCUT2D eigenvalue weighted by atomic mass is 10.1. The number of rotatable bonds is 8. The van der Waals surface area contributed by atoms with Crippen LogP contribution in [0.5, 0.6) is 23.1 Å². The van der Waals surface area contributed by atoms with Crippen molar-refractivity contribution in [3.8, 4) is 23.1 Å². The minimum absolute atomic E-state index is 0. The van der Waals surface area contributed by atoms with Gasteiger partial charge >= 0.3 is 0 Å². The third kappa shape index (κ3) is 6.90. The second-order valence-corrected chi connectivity index (χ2v) is 12.0. The molecule has 0 spiro atoms. The standard InChI is InChI=1S/C34H31Cl2N5O4.BrH/c1-39-29-7-5-26(45-33-9-4-25(19-38-33)37-18-22-2-6-27(35)28(36)14-22)16-24(29)17-30(39)34(42)41-12-10-40(11-13-41)20-23-3-8-31-32(15-23)44-21-43-31;/h2-9,14-17,19,37H,10-13,18,20-21H2,1H3;1H. The summed E-state index contributed by atoms with van der Waals surface area (Å²) in [5.41, 5.74) is 4.65. The van der Waals surface area contributed by atoms with Gasteiger partial charge in [0.1, 0.15) is 11.4 Å². The molecule has 0 atom stereocenters. The molecule has 12 heteroatoms. The Morgan fingerprint density at radius 3 is 2.48 bits per heavy atom. The maximum absolute atomic E-state index is 13.6. The summed E-state index contributed by atoms with van der Waals surface area (Å²) in [4.78, 5) is 22.3. The molecule has 0 saturated carbocycles. The maximum atomic E-state index is 13.6. The van der Waals surface area contributed by atoms with Crippen LogP contribution in [0.15, 0.2) is 79.0 Å². The number of amides is 1. The number of aromatic nitrogens is 2. The molecule has 2 aliphatic rings. The highest BCUT2D eigenvalue weighted by Gasteiger charge is 2.25. The Balaban J connectivity index is 0.00000372. The van der Waals surface area contributed by atoms with E-state index in [1.807, 2.05) is 77.2 Å². The van der Waals surface area contributed by atoms with Crippen molar-refractivity contribution in [2.24, 2.45) is 7.05 Å². The molecule has 1 N–H and O–H groups in total. The average Bonchev–Trinajstić information content (AvgIpc) is 3.66. The number of piperazine rings is 1. The van der Waals surface area contributed by atoms with Gasteiger partial charge in [-0.1, -0.05) is 35.3 Å². The van der Waals surface area contributed by atoms with Gasteiger partial charge in [-0.25, -0.2) is 4.98 Å². The first-order valence-electron chi connectivity index (χ1n) is 14.7. The number of carbonyl (C=O) groups is 1. The quantitative estimate of drug-likeness (QED) is 0.177. The van der Waals surface area contributed by atoms with Gasteiger partial charge in [-0.2, -0.15) is 0 Å². The van der Waals surface area contributed by atoms with Crippen LogP contribution in [0.25, 0.3) is 10.9 Å². The minimum atomic E-state index is 0. The van der Waals surface area contributed by atoms with Crippen LogP contribution in [0.2, 0.25) is 10.0 Å². The van der Waals surface area contributed by atoms with Crippen molar-refractivity contribution in [1.82, 2.24) is 19.4 Å². The Hall–Kier alpha value is -3.96. The molecule has 0 aliphatic carbocycles. The number of fused-ring (bicyclic) bond motifs is 2. The highest BCUT2D eigenvalue weighted by atomic mass is 79.9. The van der Waals surface area contributed by atoms with E-state index in [2.05, 4.69) is 21.3 Å². The van der Waals surface area contributed by atoms with Crippen molar-refractivity contribution < 1.29 is 19.0 Å². The largest absolute Gasteiger partial charge is 0.454 e. The third-order valence-electron chi connectivity index (χ3n) is 8.18. The molecule has 0 unspecified atom stereocenters. The van der Waals surface area contributed by atoms with Gasteiger partial charge in [-0.15, -0.1) is 17.0 Å². The Morgan fingerprint density at radius 1 is 0.891 bits per heavy atom. The van der Waals surface area contributed by atoms with Crippen molar-refractivity contribution in [3.63, 3.8) is 0 Å². The molecule has 4 heterocycles. The number of ether oxygens (including phenoxy) is 3. The number of hydrogen-bond acceptors (Lipinski definition) is 7. The van der Waals surface area contributed by atoms with E-state index in [0.717, 1.165) is 53.3 Å². The van der Waals surface area contributed by atoms with E-state index >= 15 is 0 Å². The number of hydrogen-bond donors (Lipinski definition) is 1. The van der Waals surface area contributed by atoms with Crippen LogP contribution >= 0.6 is 40.2 Å². The van der Waals surface area contributed by atoms with Gasteiger partial charge in [0.05, 0.1) is 21.9 Å². The van der Waals surface area contributed by atoms with Crippen LogP contribution in [-0.2, 0) is 20.1 Å². The minimum Gasteiger partial charge on any atom is -0.454 e. The lowest BCUT2D eigenvalue weighted by Crippen LogP contribution is -2.48. The van der Waals surface area contributed by atoms with Gasteiger partial charge in [-0.05, 0) is 65.7 Å². The first kappa shape index (κ1) is 32.0. The molecule has 1 fully saturated rings. The Labute approximate surface area is 287 Å². The van der Waals surface area contributed by atoms with E-state index in [9.17, 15) is 4.79 Å². The number of nitrogens with one attached hydrogen (secondary N) is 1. The lowest BCUT2D eigenvalue weighted by Gasteiger charge is -2.34. The van der Waals surface area contributed by atoms with E-state index in [1.54, 1.807) is 12.3 Å². The van der Waals surface area contributed by atoms with Gasteiger partial charge in [0, 0.05) is 63.3 Å². The zero-order valence-corrected chi connectivity index (χ0v) is 28.3. The fourth-order valence-electron chi connectivity index (χ4n) is 5.68.